The van der Waals surface area contributed by atoms with Gasteiger partial charge in [0.15, 0.2) is 5.79 Å². The van der Waals surface area contributed by atoms with Crippen molar-refractivity contribution in [2.45, 2.75) is 83.7 Å². The number of likely N-dealkylation sites (N-methyl/N-ethyl adjacent to an activating group) is 1. The lowest BCUT2D eigenvalue weighted by molar-refractivity contribution is -0.289. The molecule has 3 heterocycles. The van der Waals surface area contributed by atoms with Gasteiger partial charge < -0.3 is 24.5 Å². The highest BCUT2D eigenvalue weighted by Gasteiger charge is 2.34. The van der Waals surface area contributed by atoms with Crippen molar-refractivity contribution in [3.05, 3.63) is 70.8 Å². The van der Waals surface area contributed by atoms with E-state index in [0.29, 0.717) is 12.8 Å². The first-order valence-electron chi connectivity index (χ1n) is 15.7. The number of benzene rings is 1. The fraction of sp³-hybridized carbons (Fsp3) is 0.472. The molecule has 1 fully saturated rings. The summed E-state index contributed by atoms with van der Waals surface area (Å²) in [6.45, 7) is 9.82. The second-order valence-corrected chi connectivity index (χ2v) is 12.8. The van der Waals surface area contributed by atoms with Crippen LogP contribution in [0.15, 0.2) is 42.5 Å². The van der Waals surface area contributed by atoms with Crippen molar-refractivity contribution in [2.24, 2.45) is 0 Å². The van der Waals surface area contributed by atoms with Crippen LogP contribution >= 0.6 is 0 Å². The van der Waals surface area contributed by atoms with E-state index in [-0.39, 0.29) is 23.9 Å². The molecule has 1 aliphatic heterocycles. The molecule has 1 N–H and O–H groups in total. The molecular weight excluding hydrogens is 555 g/mol. The van der Waals surface area contributed by atoms with Crippen LogP contribution in [0.1, 0.15) is 75.4 Å². The van der Waals surface area contributed by atoms with Gasteiger partial charge in [0.25, 0.3) is 0 Å². The smallest absolute Gasteiger partial charge is 0.163 e. The summed E-state index contributed by atoms with van der Waals surface area (Å²) in [5.74, 6) is -0.0628. The maximum absolute atomic E-state index is 14.1. The molecule has 0 amide bonds. The standard InChI is InChI=1S/C36H45FN4O3/c1-23(2)34-30(15-14-26-22-27(18-21-42)44-36(3,4)43-26)33(24-10-12-25(37)13-11-24)29-8-7-9-31-28(35(29)40-34)16-17-32(39-31)38-19-20-41(5)6/h10-17,21,23,26-27H,7-9,18-20,22H2,1-6H3,(H,38,39)/b15-14+/t26-,27+/m1/s1. The Balaban J connectivity index is 1.63. The Morgan fingerprint density at radius 1 is 1.09 bits per heavy atom. The molecule has 0 spiro atoms. The third-order valence-corrected chi connectivity index (χ3v) is 8.20. The predicted molar refractivity (Wildman–Crippen MR) is 174 cm³/mol. The van der Waals surface area contributed by atoms with Crippen LogP contribution in [0.3, 0.4) is 0 Å². The number of aldehydes is 1. The molecule has 0 bridgehead atoms. The molecule has 2 atom stereocenters. The van der Waals surface area contributed by atoms with Crippen LogP contribution in [0, 0.1) is 5.82 Å². The number of ether oxygens (including phenoxy) is 2. The highest BCUT2D eigenvalue weighted by atomic mass is 19.1. The third-order valence-electron chi connectivity index (χ3n) is 8.20. The molecule has 8 heteroatoms. The largest absolute Gasteiger partial charge is 0.369 e. The zero-order chi connectivity index (χ0) is 31.4. The van der Waals surface area contributed by atoms with Gasteiger partial charge in [-0.2, -0.15) is 0 Å². The lowest BCUT2D eigenvalue weighted by Crippen LogP contribution is -2.44. The highest BCUT2D eigenvalue weighted by Crippen LogP contribution is 2.42. The normalized spacial score (nSPS) is 19.6. The first-order chi connectivity index (χ1) is 21.0. The van der Waals surface area contributed by atoms with Crippen LogP contribution in [0.4, 0.5) is 10.2 Å². The summed E-state index contributed by atoms with van der Waals surface area (Å²) >= 11 is 0. The molecule has 234 valence electrons. The van der Waals surface area contributed by atoms with Crippen LogP contribution in [-0.2, 0) is 27.1 Å². The molecule has 2 aromatic heterocycles. The Labute approximate surface area is 260 Å². The number of aromatic nitrogens is 2. The minimum atomic E-state index is -0.801. The van der Waals surface area contributed by atoms with Crippen molar-refractivity contribution in [3.63, 3.8) is 0 Å². The highest BCUT2D eigenvalue weighted by molar-refractivity contribution is 5.85. The molecule has 5 rings (SSSR count). The molecule has 0 saturated carbocycles. The van der Waals surface area contributed by atoms with Crippen molar-refractivity contribution in [1.82, 2.24) is 14.9 Å². The number of nitrogens with one attached hydrogen (secondary N) is 1. The van der Waals surface area contributed by atoms with Crippen LogP contribution in [0.2, 0.25) is 0 Å². The number of nitrogens with zero attached hydrogens (tertiary/aromatic N) is 3. The third kappa shape index (κ3) is 7.42. The number of rotatable bonds is 10. The minimum Gasteiger partial charge on any atom is -0.369 e. The number of halogens is 1. The van der Waals surface area contributed by atoms with E-state index in [1.54, 1.807) is 0 Å². The fourth-order valence-electron chi connectivity index (χ4n) is 6.25. The molecule has 7 nitrogen and oxygen atoms in total. The Morgan fingerprint density at radius 3 is 2.57 bits per heavy atom. The Bertz CT molecular complexity index is 1500. The topological polar surface area (TPSA) is 76.6 Å². The van der Waals surface area contributed by atoms with Gasteiger partial charge in [0, 0.05) is 37.1 Å². The Hall–Kier alpha value is -3.46. The SMILES string of the molecule is CC(C)c1nc2c(c(-c3ccc(F)cc3)c1/C=C/[C@@H]1C[C@H](CC=O)OC(C)(C)O1)CCCc1nc(NCCN(C)C)ccc1-2. The predicted octanol–water partition coefficient (Wildman–Crippen LogP) is 7.05. The van der Waals surface area contributed by atoms with Crippen molar-refractivity contribution < 1.29 is 18.7 Å². The summed E-state index contributed by atoms with van der Waals surface area (Å²) in [5, 5.41) is 3.46. The monoisotopic (exact) mass is 600 g/mol. The van der Waals surface area contributed by atoms with Crippen LogP contribution in [0.25, 0.3) is 28.5 Å². The van der Waals surface area contributed by atoms with Gasteiger partial charge in [0.05, 0.1) is 29.3 Å². The first-order valence-corrected chi connectivity index (χ1v) is 15.7. The summed E-state index contributed by atoms with van der Waals surface area (Å²) < 4.78 is 26.4. The Kier molecular flexibility index (Phi) is 9.93. The summed E-state index contributed by atoms with van der Waals surface area (Å²) in [4.78, 5) is 23.8. The quantitative estimate of drug-likeness (QED) is 0.250. The molecular formula is C36H45FN4O3. The number of fused-ring (bicyclic) bond motifs is 3. The number of pyridine rings is 2. The molecule has 0 unspecified atom stereocenters. The summed E-state index contributed by atoms with van der Waals surface area (Å²) in [7, 11) is 4.12. The van der Waals surface area contributed by atoms with E-state index >= 15 is 0 Å². The number of hydrogen-bond acceptors (Lipinski definition) is 7. The average Bonchev–Trinajstić information content (AvgIpc) is 3.14. The second kappa shape index (κ2) is 13.7. The lowest BCUT2D eigenvalue weighted by Gasteiger charge is -2.39. The van der Waals surface area contributed by atoms with Gasteiger partial charge in [-0.3, -0.25) is 4.98 Å². The van der Waals surface area contributed by atoms with Crippen molar-refractivity contribution >= 4 is 18.2 Å². The second-order valence-electron chi connectivity index (χ2n) is 12.8. The lowest BCUT2D eigenvalue weighted by atomic mass is 9.86. The number of aryl methyl sites for hydroxylation is 1. The van der Waals surface area contributed by atoms with E-state index in [1.165, 1.54) is 12.1 Å². The van der Waals surface area contributed by atoms with E-state index in [1.807, 2.05) is 32.0 Å². The van der Waals surface area contributed by atoms with E-state index in [4.69, 9.17) is 19.4 Å². The van der Waals surface area contributed by atoms with E-state index in [0.717, 1.165) is 89.4 Å². The van der Waals surface area contributed by atoms with E-state index in [9.17, 15) is 9.18 Å². The molecule has 1 aliphatic carbocycles. The van der Waals surface area contributed by atoms with E-state index < -0.39 is 5.79 Å². The van der Waals surface area contributed by atoms with Crippen molar-refractivity contribution in [3.8, 4) is 22.4 Å². The van der Waals surface area contributed by atoms with Crippen LogP contribution < -0.4 is 5.32 Å². The number of hydrogen-bond donors (Lipinski definition) is 1. The van der Waals surface area contributed by atoms with Gasteiger partial charge in [-0.25, -0.2) is 9.37 Å². The molecule has 1 aromatic carbocycles. The van der Waals surface area contributed by atoms with Crippen LogP contribution in [0.5, 0.6) is 0 Å². The van der Waals surface area contributed by atoms with Gasteiger partial charge in [0.1, 0.15) is 17.9 Å². The van der Waals surface area contributed by atoms with Crippen molar-refractivity contribution in [1.29, 1.82) is 0 Å². The number of carbonyl (C=O) groups excluding carboxylic acids is 1. The first kappa shape index (κ1) is 31.9. The van der Waals surface area contributed by atoms with Gasteiger partial charge in [-0.15, -0.1) is 0 Å². The molecule has 1 saturated heterocycles. The van der Waals surface area contributed by atoms with Crippen LogP contribution in [-0.4, -0.2) is 66.3 Å². The fourth-order valence-corrected chi connectivity index (χ4v) is 6.25. The van der Waals surface area contributed by atoms with Gasteiger partial charge in [0.2, 0.25) is 0 Å². The minimum absolute atomic E-state index is 0.126. The van der Waals surface area contributed by atoms with Crippen molar-refractivity contribution in [2.75, 3.05) is 32.5 Å². The Morgan fingerprint density at radius 2 is 1.86 bits per heavy atom. The number of anilines is 1. The summed E-state index contributed by atoms with van der Waals surface area (Å²) in [5.41, 5.74) is 8.24. The zero-order valence-corrected chi connectivity index (χ0v) is 26.8. The zero-order valence-electron chi connectivity index (χ0n) is 26.8. The number of carbonyl (C=O) groups is 1. The van der Waals surface area contributed by atoms with Gasteiger partial charge in [-0.05, 0) is 94.1 Å². The molecule has 44 heavy (non-hydrogen) atoms. The maximum Gasteiger partial charge on any atom is 0.163 e. The molecule has 2 aliphatic rings. The van der Waals surface area contributed by atoms with Gasteiger partial charge >= 0.3 is 0 Å². The summed E-state index contributed by atoms with van der Waals surface area (Å²) in [6.07, 6.45) is 8.19. The summed E-state index contributed by atoms with van der Waals surface area (Å²) in [6, 6.07) is 11.0. The van der Waals surface area contributed by atoms with E-state index in [2.05, 4.69) is 56.4 Å². The maximum atomic E-state index is 14.1. The van der Waals surface area contributed by atoms with Gasteiger partial charge in [-0.1, -0.05) is 38.1 Å². The molecule has 3 aromatic rings. The average molecular weight is 601 g/mol. The molecule has 0 radical (unpaired) electrons.